The van der Waals surface area contributed by atoms with E-state index in [1.807, 2.05) is 30.3 Å². The summed E-state index contributed by atoms with van der Waals surface area (Å²) in [5.74, 6) is 1.00. The molecule has 26 heavy (non-hydrogen) atoms. The van der Waals surface area contributed by atoms with Crippen molar-refractivity contribution in [2.24, 2.45) is 10.7 Å². The van der Waals surface area contributed by atoms with Gasteiger partial charge in [-0.25, -0.2) is 0 Å². The molecule has 0 aliphatic heterocycles. The largest absolute Gasteiger partial charge is 0.393 e. The minimum absolute atomic E-state index is 0. The summed E-state index contributed by atoms with van der Waals surface area (Å²) in [6.07, 6.45) is 0.279. The predicted molar refractivity (Wildman–Crippen MR) is 122 cm³/mol. The van der Waals surface area contributed by atoms with E-state index in [1.54, 1.807) is 6.92 Å². The first-order valence-corrected chi connectivity index (χ1v) is 8.85. The molecule has 0 saturated carbocycles. The van der Waals surface area contributed by atoms with Gasteiger partial charge in [0.15, 0.2) is 5.96 Å². The van der Waals surface area contributed by atoms with E-state index < -0.39 is 0 Å². The summed E-state index contributed by atoms with van der Waals surface area (Å²) >= 11 is 0. The summed E-state index contributed by atoms with van der Waals surface area (Å²) in [4.78, 5) is 4.50. The van der Waals surface area contributed by atoms with Crippen molar-refractivity contribution in [3.63, 3.8) is 0 Å². The number of halogens is 1. The van der Waals surface area contributed by atoms with Crippen LogP contribution in [0.5, 0.6) is 0 Å². The number of aliphatic imine (C=N–C) groups is 1. The van der Waals surface area contributed by atoms with Crippen LogP contribution in [0.3, 0.4) is 0 Å². The second-order valence-corrected chi connectivity index (χ2v) is 6.82. The maximum Gasteiger partial charge on any atom is 0.193 e. The van der Waals surface area contributed by atoms with E-state index in [2.05, 4.69) is 48.4 Å². The number of rotatable bonds is 7. The standard InChI is InChI=1S/C21H29N3O.HI/c1-15(2)18-10-7-11-20(13-18)24-21(22)23-14-19(12-16(3)25)17-8-5-4-6-9-17;/h4-11,13,15-16,19,25H,12,14H2,1-3H3,(H3,22,23,24);1H. The molecule has 4 nitrogen and oxygen atoms in total. The smallest absolute Gasteiger partial charge is 0.193 e. The number of anilines is 1. The van der Waals surface area contributed by atoms with E-state index in [-0.39, 0.29) is 36.0 Å². The zero-order chi connectivity index (χ0) is 18.2. The van der Waals surface area contributed by atoms with Crippen LogP contribution in [-0.4, -0.2) is 23.7 Å². The molecule has 0 fully saturated rings. The lowest BCUT2D eigenvalue weighted by Crippen LogP contribution is -2.24. The van der Waals surface area contributed by atoms with Gasteiger partial charge in [0, 0.05) is 18.2 Å². The molecule has 0 saturated heterocycles. The molecule has 0 aliphatic carbocycles. The number of aliphatic hydroxyl groups excluding tert-OH is 1. The number of hydrogen-bond donors (Lipinski definition) is 3. The number of guanidine groups is 1. The quantitative estimate of drug-likeness (QED) is 0.314. The molecule has 2 rings (SSSR count). The normalized spacial score (nSPS) is 13.8. The summed E-state index contributed by atoms with van der Waals surface area (Å²) in [5.41, 5.74) is 9.44. The molecule has 0 aliphatic rings. The molecular weight excluding hydrogens is 437 g/mol. The van der Waals surface area contributed by atoms with Gasteiger partial charge >= 0.3 is 0 Å². The van der Waals surface area contributed by atoms with Gasteiger partial charge in [-0.1, -0.05) is 56.3 Å². The summed E-state index contributed by atoms with van der Waals surface area (Å²) < 4.78 is 0. The van der Waals surface area contributed by atoms with E-state index in [0.29, 0.717) is 24.8 Å². The van der Waals surface area contributed by atoms with Crippen LogP contribution < -0.4 is 11.1 Å². The number of nitrogens with zero attached hydrogens (tertiary/aromatic N) is 1. The number of benzene rings is 2. The van der Waals surface area contributed by atoms with E-state index in [4.69, 9.17) is 5.73 Å². The number of hydrogen-bond acceptors (Lipinski definition) is 2. The minimum Gasteiger partial charge on any atom is -0.393 e. The third kappa shape index (κ3) is 7.33. The third-order valence-corrected chi connectivity index (χ3v) is 4.20. The molecule has 0 heterocycles. The summed E-state index contributed by atoms with van der Waals surface area (Å²) in [7, 11) is 0. The molecule has 0 spiro atoms. The Labute approximate surface area is 173 Å². The van der Waals surface area contributed by atoms with Crippen LogP contribution in [0, 0.1) is 0 Å². The van der Waals surface area contributed by atoms with Gasteiger partial charge in [-0.2, -0.15) is 0 Å². The first-order chi connectivity index (χ1) is 12.0. The van der Waals surface area contributed by atoms with Gasteiger partial charge in [-0.3, -0.25) is 4.99 Å². The molecular formula is C21H30IN3O. The van der Waals surface area contributed by atoms with Gasteiger partial charge < -0.3 is 16.2 Å². The molecule has 5 heteroatoms. The lowest BCUT2D eigenvalue weighted by molar-refractivity contribution is 0.175. The maximum absolute atomic E-state index is 9.77. The summed E-state index contributed by atoms with van der Waals surface area (Å²) in [6.45, 7) is 6.67. The van der Waals surface area contributed by atoms with Crippen LogP contribution in [0.4, 0.5) is 5.69 Å². The predicted octanol–water partition coefficient (Wildman–Crippen LogP) is 4.71. The van der Waals surface area contributed by atoms with Crippen LogP contribution in [0.15, 0.2) is 59.6 Å². The monoisotopic (exact) mass is 467 g/mol. The highest BCUT2D eigenvalue weighted by molar-refractivity contribution is 14.0. The van der Waals surface area contributed by atoms with Crippen molar-refractivity contribution in [3.8, 4) is 0 Å². The van der Waals surface area contributed by atoms with Gasteiger partial charge in [0.25, 0.3) is 0 Å². The minimum atomic E-state index is -0.377. The SMILES string of the molecule is CC(O)CC(CN=C(N)Nc1cccc(C(C)C)c1)c1ccccc1.I. The Hall–Kier alpha value is -1.60. The van der Waals surface area contributed by atoms with E-state index in [9.17, 15) is 5.11 Å². The molecule has 0 bridgehead atoms. The molecule has 0 amide bonds. The molecule has 0 aromatic heterocycles. The van der Waals surface area contributed by atoms with Crippen LogP contribution in [0.1, 0.15) is 50.2 Å². The highest BCUT2D eigenvalue weighted by atomic mass is 127. The fraction of sp³-hybridized carbons (Fsp3) is 0.381. The summed E-state index contributed by atoms with van der Waals surface area (Å²) in [5, 5.41) is 12.9. The molecule has 142 valence electrons. The van der Waals surface area contributed by atoms with Crippen molar-refractivity contribution in [3.05, 3.63) is 65.7 Å². The molecule has 2 aromatic carbocycles. The molecule has 4 N–H and O–H groups in total. The average molecular weight is 467 g/mol. The summed E-state index contributed by atoms with van der Waals surface area (Å²) in [6, 6.07) is 18.3. The molecule has 2 atom stereocenters. The third-order valence-electron chi connectivity index (χ3n) is 4.20. The number of nitrogens with two attached hydrogens (primary N) is 1. The van der Waals surface area contributed by atoms with Crippen molar-refractivity contribution < 1.29 is 5.11 Å². The Morgan fingerprint density at radius 2 is 1.69 bits per heavy atom. The van der Waals surface area contributed by atoms with Gasteiger partial charge in [-0.15, -0.1) is 24.0 Å². The molecule has 2 unspecified atom stereocenters. The van der Waals surface area contributed by atoms with Crippen LogP contribution >= 0.6 is 24.0 Å². The second kappa shape index (κ2) is 11.2. The van der Waals surface area contributed by atoms with E-state index >= 15 is 0 Å². The van der Waals surface area contributed by atoms with Gasteiger partial charge in [0.05, 0.1) is 6.10 Å². The first kappa shape index (κ1) is 22.4. The Morgan fingerprint density at radius 1 is 1.04 bits per heavy atom. The van der Waals surface area contributed by atoms with Crippen molar-refractivity contribution in [1.29, 1.82) is 0 Å². The van der Waals surface area contributed by atoms with Crippen LogP contribution in [-0.2, 0) is 0 Å². The zero-order valence-corrected chi connectivity index (χ0v) is 18.1. The van der Waals surface area contributed by atoms with Crippen molar-refractivity contribution >= 4 is 35.6 Å². The molecule has 0 radical (unpaired) electrons. The van der Waals surface area contributed by atoms with Gasteiger partial charge in [0.2, 0.25) is 0 Å². The zero-order valence-electron chi connectivity index (χ0n) is 15.7. The topological polar surface area (TPSA) is 70.6 Å². The number of nitrogens with one attached hydrogen (secondary N) is 1. The Morgan fingerprint density at radius 3 is 2.31 bits per heavy atom. The van der Waals surface area contributed by atoms with Crippen molar-refractivity contribution in [2.75, 3.05) is 11.9 Å². The lowest BCUT2D eigenvalue weighted by atomic mass is 9.93. The molecule has 2 aromatic rings. The Kier molecular flexibility index (Phi) is 9.65. The van der Waals surface area contributed by atoms with Gasteiger partial charge in [0.1, 0.15) is 0 Å². The highest BCUT2D eigenvalue weighted by Gasteiger charge is 2.14. The highest BCUT2D eigenvalue weighted by Crippen LogP contribution is 2.22. The second-order valence-electron chi connectivity index (χ2n) is 6.82. The fourth-order valence-electron chi connectivity index (χ4n) is 2.82. The lowest BCUT2D eigenvalue weighted by Gasteiger charge is -2.17. The average Bonchev–Trinajstić information content (AvgIpc) is 2.59. The Balaban J connectivity index is 0.00000338. The van der Waals surface area contributed by atoms with E-state index in [0.717, 1.165) is 5.69 Å². The van der Waals surface area contributed by atoms with Crippen molar-refractivity contribution in [2.45, 2.75) is 45.1 Å². The number of aliphatic hydroxyl groups is 1. The van der Waals surface area contributed by atoms with Crippen molar-refractivity contribution in [1.82, 2.24) is 0 Å². The maximum atomic E-state index is 9.77. The fourth-order valence-corrected chi connectivity index (χ4v) is 2.82. The Bertz CT molecular complexity index is 687. The van der Waals surface area contributed by atoms with E-state index in [1.165, 1.54) is 11.1 Å². The first-order valence-electron chi connectivity index (χ1n) is 8.85. The van der Waals surface area contributed by atoms with Gasteiger partial charge in [-0.05, 0) is 42.5 Å². The van der Waals surface area contributed by atoms with Crippen LogP contribution in [0.25, 0.3) is 0 Å². The van der Waals surface area contributed by atoms with Crippen LogP contribution in [0.2, 0.25) is 0 Å².